The van der Waals surface area contributed by atoms with Gasteiger partial charge in [0, 0.05) is 30.7 Å². The lowest BCUT2D eigenvalue weighted by Gasteiger charge is -2.19. The topological polar surface area (TPSA) is 42.1 Å². The van der Waals surface area contributed by atoms with E-state index >= 15 is 0 Å². The summed E-state index contributed by atoms with van der Waals surface area (Å²) in [7, 11) is 0. The van der Waals surface area contributed by atoms with E-state index in [4.69, 9.17) is 5.73 Å². The average Bonchev–Trinajstić information content (AvgIpc) is 2.91. The standard InChI is InChI=1S/C14H19N3S/c1-2-17(11-14-4-3-7-18-14)10-13-6-5-12(8-15)9-16-13/h3-7,9H,2,8,10-11,15H2,1H3. The maximum atomic E-state index is 5.57. The number of nitrogens with two attached hydrogens (primary N) is 1. The van der Waals surface area contributed by atoms with E-state index < -0.39 is 0 Å². The molecule has 0 unspecified atom stereocenters. The summed E-state index contributed by atoms with van der Waals surface area (Å²) in [4.78, 5) is 8.23. The van der Waals surface area contributed by atoms with E-state index in [-0.39, 0.29) is 0 Å². The van der Waals surface area contributed by atoms with Crippen molar-refractivity contribution in [2.45, 2.75) is 26.6 Å². The average molecular weight is 261 g/mol. The zero-order valence-electron chi connectivity index (χ0n) is 10.7. The Labute approximate surface area is 112 Å². The lowest BCUT2D eigenvalue weighted by molar-refractivity contribution is 0.270. The molecule has 96 valence electrons. The van der Waals surface area contributed by atoms with Crippen molar-refractivity contribution in [1.29, 1.82) is 0 Å². The van der Waals surface area contributed by atoms with E-state index in [1.807, 2.05) is 6.20 Å². The molecule has 3 nitrogen and oxygen atoms in total. The van der Waals surface area contributed by atoms with Crippen LogP contribution in [0, 0.1) is 0 Å². The third-order valence-electron chi connectivity index (χ3n) is 2.91. The second-order valence-electron chi connectivity index (χ2n) is 4.24. The molecular weight excluding hydrogens is 242 g/mol. The predicted octanol–water partition coefficient (Wildman–Crippen LogP) is 2.62. The zero-order chi connectivity index (χ0) is 12.8. The van der Waals surface area contributed by atoms with E-state index in [1.54, 1.807) is 11.3 Å². The highest BCUT2D eigenvalue weighted by Gasteiger charge is 2.06. The highest BCUT2D eigenvalue weighted by atomic mass is 32.1. The largest absolute Gasteiger partial charge is 0.326 e. The molecule has 0 amide bonds. The van der Waals surface area contributed by atoms with Crippen molar-refractivity contribution >= 4 is 11.3 Å². The van der Waals surface area contributed by atoms with Crippen LogP contribution in [-0.4, -0.2) is 16.4 Å². The molecule has 0 aliphatic heterocycles. The fourth-order valence-electron chi connectivity index (χ4n) is 1.80. The quantitative estimate of drug-likeness (QED) is 0.869. The third-order valence-corrected chi connectivity index (χ3v) is 3.78. The van der Waals surface area contributed by atoms with Gasteiger partial charge in [0.05, 0.1) is 5.69 Å². The van der Waals surface area contributed by atoms with E-state index in [0.717, 1.165) is 30.9 Å². The Morgan fingerprint density at radius 3 is 2.72 bits per heavy atom. The first-order valence-corrected chi connectivity index (χ1v) is 7.08. The van der Waals surface area contributed by atoms with Gasteiger partial charge in [-0.15, -0.1) is 11.3 Å². The molecule has 4 heteroatoms. The van der Waals surface area contributed by atoms with Crippen LogP contribution in [0.2, 0.25) is 0 Å². The Morgan fingerprint density at radius 2 is 2.17 bits per heavy atom. The van der Waals surface area contributed by atoms with Gasteiger partial charge in [-0.05, 0) is 29.6 Å². The Bertz CT molecular complexity index is 450. The molecule has 2 rings (SSSR count). The number of hydrogen-bond donors (Lipinski definition) is 1. The second-order valence-corrected chi connectivity index (χ2v) is 5.28. The van der Waals surface area contributed by atoms with E-state index in [9.17, 15) is 0 Å². The van der Waals surface area contributed by atoms with Gasteiger partial charge >= 0.3 is 0 Å². The summed E-state index contributed by atoms with van der Waals surface area (Å²) in [5, 5.41) is 2.12. The summed E-state index contributed by atoms with van der Waals surface area (Å²) in [6.45, 7) is 5.65. The van der Waals surface area contributed by atoms with Crippen molar-refractivity contribution in [2.75, 3.05) is 6.54 Å². The monoisotopic (exact) mass is 261 g/mol. The molecule has 0 atom stereocenters. The number of aromatic nitrogens is 1. The minimum absolute atomic E-state index is 0.556. The number of pyridine rings is 1. The lowest BCUT2D eigenvalue weighted by Crippen LogP contribution is -2.22. The maximum absolute atomic E-state index is 5.57. The third kappa shape index (κ3) is 3.63. The fraction of sp³-hybridized carbons (Fsp3) is 0.357. The first-order valence-electron chi connectivity index (χ1n) is 6.20. The van der Waals surface area contributed by atoms with Crippen LogP contribution >= 0.6 is 11.3 Å². The van der Waals surface area contributed by atoms with Crippen LogP contribution in [0.1, 0.15) is 23.1 Å². The summed E-state index contributed by atoms with van der Waals surface area (Å²) >= 11 is 1.80. The van der Waals surface area contributed by atoms with Gasteiger partial charge in [0.25, 0.3) is 0 Å². The van der Waals surface area contributed by atoms with E-state index in [2.05, 4.69) is 46.5 Å². The normalized spacial score (nSPS) is 11.1. The predicted molar refractivity (Wildman–Crippen MR) is 76.2 cm³/mol. The molecule has 2 heterocycles. The van der Waals surface area contributed by atoms with Gasteiger partial charge in [-0.1, -0.05) is 19.1 Å². The number of hydrogen-bond acceptors (Lipinski definition) is 4. The molecule has 2 N–H and O–H groups in total. The lowest BCUT2D eigenvalue weighted by atomic mass is 10.2. The summed E-state index contributed by atoms with van der Waals surface area (Å²) in [6, 6.07) is 8.40. The molecule has 0 fully saturated rings. The van der Waals surface area contributed by atoms with E-state index in [1.165, 1.54) is 4.88 Å². The van der Waals surface area contributed by atoms with Gasteiger partial charge in [0.15, 0.2) is 0 Å². The van der Waals surface area contributed by atoms with E-state index in [0.29, 0.717) is 6.54 Å². The van der Waals surface area contributed by atoms with Gasteiger partial charge in [-0.3, -0.25) is 9.88 Å². The van der Waals surface area contributed by atoms with Crippen LogP contribution in [0.25, 0.3) is 0 Å². The molecule has 0 aromatic carbocycles. The first kappa shape index (κ1) is 13.2. The van der Waals surface area contributed by atoms with Crippen LogP contribution in [0.15, 0.2) is 35.8 Å². The number of thiophene rings is 1. The van der Waals surface area contributed by atoms with Gasteiger partial charge in [0.1, 0.15) is 0 Å². The van der Waals surface area contributed by atoms with Gasteiger partial charge in [0.2, 0.25) is 0 Å². The van der Waals surface area contributed by atoms with Crippen molar-refractivity contribution in [3.63, 3.8) is 0 Å². The Kier molecular flexibility index (Phi) is 4.87. The van der Waals surface area contributed by atoms with Crippen LogP contribution in [-0.2, 0) is 19.6 Å². The highest BCUT2D eigenvalue weighted by molar-refractivity contribution is 7.09. The summed E-state index contributed by atoms with van der Waals surface area (Å²) < 4.78 is 0. The number of rotatable bonds is 6. The molecule has 18 heavy (non-hydrogen) atoms. The minimum Gasteiger partial charge on any atom is -0.326 e. The Balaban J connectivity index is 1.96. The van der Waals surface area contributed by atoms with Crippen molar-refractivity contribution in [3.8, 4) is 0 Å². The van der Waals surface area contributed by atoms with Crippen LogP contribution in [0.5, 0.6) is 0 Å². The first-order chi connectivity index (χ1) is 8.81. The molecule has 0 aliphatic rings. The summed E-state index contributed by atoms with van der Waals surface area (Å²) in [6.07, 6.45) is 1.87. The van der Waals surface area contributed by atoms with Crippen LogP contribution in [0.4, 0.5) is 0 Å². The molecular formula is C14H19N3S. The Morgan fingerprint density at radius 1 is 1.28 bits per heavy atom. The molecule has 0 saturated carbocycles. The molecule has 0 spiro atoms. The molecule has 2 aromatic heterocycles. The second kappa shape index (κ2) is 6.64. The van der Waals surface area contributed by atoms with Gasteiger partial charge in [-0.25, -0.2) is 0 Å². The number of nitrogens with zero attached hydrogens (tertiary/aromatic N) is 2. The van der Waals surface area contributed by atoms with Crippen molar-refractivity contribution in [1.82, 2.24) is 9.88 Å². The van der Waals surface area contributed by atoms with Gasteiger partial charge in [-0.2, -0.15) is 0 Å². The molecule has 0 bridgehead atoms. The van der Waals surface area contributed by atoms with Crippen molar-refractivity contribution in [3.05, 3.63) is 52.0 Å². The van der Waals surface area contributed by atoms with Crippen LogP contribution in [0.3, 0.4) is 0 Å². The van der Waals surface area contributed by atoms with Crippen molar-refractivity contribution in [2.24, 2.45) is 5.73 Å². The Hall–Kier alpha value is -1.23. The molecule has 0 radical (unpaired) electrons. The summed E-state index contributed by atoms with van der Waals surface area (Å²) in [5.41, 5.74) is 7.75. The van der Waals surface area contributed by atoms with Crippen molar-refractivity contribution < 1.29 is 0 Å². The molecule has 2 aromatic rings. The smallest absolute Gasteiger partial charge is 0.0544 e. The zero-order valence-corrected chi connectivity index (χ0v) is 11.5. The SMILES string of the molecule is CCN(Cc1ccc(CN)cn1)Cc1cccs1. The minimum atomic E-state index is 0.556. The van der Waals surface area contributed by atoms with Gasteiger partial charge < -0.3 is 5.73 Å². The highest BCUT2D eigenvalue weighted by Crippen LogP contribution is 2.13. The van der Waals surface area contributed by atoms with Crippen LogP contribution < -0.4 is 5.73 Å². The fourth-order valence-corrected chi connectivity index (χ4v) is 2.55. The molecule has 0 aliphatic carbocycles. The summed E-state index contributed by atoms with van der Waals surface area (Å²) in [5.74, 6) is 0. The maximum Gasteiger partial charge on any atom is 0.0544 e. The molecule has 0 saturated heterocycles.